The molecule has 0 radical (unpaired) electrons. The molecule has 20 heavy (non-hydrogen) atoms. The summed E-state index contributed by atoms with van der Waals surface area (Å²) in [6.07, 6.45) is 6.40. The first-order valence-corrected chi connectivity index (χ1v) is 7.51. The zero-order chi connectivity index (χ0) is 13.9. The van der Waals surface area contributed by atoms with E-state index in [1.807, 2.05) is 4.68 Å². The number of aryl methyl sites for hydroxylation is 1. The lowest BCUT2D eigenvalue weighted by Gasteiger charge is -2.23. The molecule has 1 saturated carbocycles. The Labute approximate surface area is 120 Å². The Morgan fingerprint density at radius 1 is 1.15 bits per heavy atom. The standard InChI is InChI=1S/C16H22N4/c1-12-7-9-14(10-8-12)20-16(15(11-17)18-19-20)13-5-3-2-4-6-13/h7-10,13H,2-6,11,17H2,1H3. The van der Waals surface area contributed by atoms with Crippen molar-refractivity contribution >= 4 is 0 Å². The molecule has 0 bridgehead atoms. The number of rotatable bonds is 3. The van der Waals surface area contributed by atoms with Gasteiger partial charge in [0.15, 0.2) is 0 Å². The molecule has 3 rings (SSSR count). The van der Waals surface area contributed by atoms with Crippen molar-refractivity contribution in [2.45, 2.75) is 51.5 Å². The quantitative estimate of drug-likeness (QED) is 0.932. The molecule has 1 aromatic heterocycles. The average molecular weight is 270 g/mol. The Kier molecular flexibility index (Phi) is 3.83. The molecule has 4 nitrogen and oxygen atoms in total. The van der Waals surface area contributed by atoms with Gasteiger partial charge in [-0.1, -0.05) is 42.2 Å². The molecule has 0 spiro atoms. The number of hydrogen-bond acceptors (Lipinski definition) is 3. The minimum Gasteiger partial charge on any atom is -0.325 e. The highest BCUT2D eigenvalue weighted by molar-refractivity contribution is 5.36. The van der Waals surface area contributed by atoms with E-state index in [9.17, 15) is 0 Å². The summed E-state index contributed by atoms with van der Waals surface area (Å²) < 4.78 is 2.00. The van der Waals surface area contributed by atoms with Crippen molar-refractivity contribution in [2.24, 2.45) is 5.73 Å². The highest BCUT2D eigenvalue weighted by Gasteiger charge is 2.24. The minimum absolute atomic E-state index is 0.470. The van der Waals surface area contributed by atoms with Gasteiger partial charge >= 0.3 is 0 Å². The number of nitrogens with two attached hydrogens (primary N) is 1. The van der Waals surface area contributed by atoms with Crippen LogP contribution in [-0.4, -0.2) is 15.0 Å². The van der Waals surface area contributed by atoms with Crippen molar-refractivity contribution in [1.29, 1.82) is 0 Å². The molecule has 1 aliphatic rings. The van der Waals surface area contributed by atoms with Crippen molar-refractivity contribution in [3.8, 4) is 5.69 Å². The van der Waals surface area contributed by atoms with Gasteiger partial charge in [0.05, 0.1) is 11.4 Å². The molecule has 1 fully saturated rings. The molecule has 0 unspecified atom stereocenters. The molecule has 0 aliphatic heterocycles. The monoisotopic (exact) mass is 270 g/mol. The molecule has 0 saturated heterocycles. The maximum atomic E-state index is 5.86. The number of nitrogens with zero attached hydrogens (tertiary/aromatic N) is 3. The van der Waals surface area contributed by atoms with E-state index in [1.54, 1.807) is 0 Å². The van der Waals surface area contributed by atoms with Crippen molar-refractivity contribution in [2.75, 3.05) is 0 Å². The first-order valence-electron chi connectivity index (χ1n) is 7.51. The van der Waals surface area contributed by atoms with Gasteiger partial charge in [-0.2, -0.15) is 0 Å². The second kappa shape index (κ2) is 5.75. The topological polar surface area (TPSA) is 56.7 Å². The first-order chi connectivity index (χ1) is 9.79. The zero-order valence-electron chi connectivity index (χ0n) is 12.0. The molecule has 1 aliphatic carbocycles. The van der Waals surface area contributed by atoms with Gasteiger partial charge in [0.1, 0.15) is 5.69 Å². The van der Waals surface area contributed by atoms with Gasteiger partial charge in [0, 0.05) is 12.5 Å². The largest absolute Gasteiger partial charge is 0.325 e. The minimum atomic E-state index is 0.470. The van der Waals surface area contributed by atoms with Crippen LogP contribution in [0, 0.1) is 6.92 Å². The molecule has 4 heteroatoms. The van der Waals surface area contributed by atoms with Gasteiger partial charge in [0.2, 0.25) is 0 Å². The summed E-state index contributed by atoms with van der Waals surface area (Å²) in [5.74, 6) is 0.554. The fraction of sp³-hybridized carbons (Fsp3) is 0.500. The number of aromatic nitrogens is 3. The van der Waals surface area contributed by atoms with Crippen LogP contribution in [0.25, 0.3) is 5.69 Å². The third kappa shape index (κ3) is 2.48. The van der Waals surface area contributed by atoms with Crippen molar-refractivity contribution in [3.05, 3.63) is 41.2 Å². The predicted molar refractivity (Wildman–Crippen MR) is 79.8 cm³/mol. The molecule has 0 atom stereocenters. The van der Waals surface area contributed by atoms with Gasteiger partial charge in [-0.3, -0.25) is 0 Å². The van der Waals surface area contributed by atoms with Gasteiger partial charge in [-0.05, 0) is 31.9 Å². The van der Waals surface area contributed by atoms with Gasteiger partial charge < -0.3 is 5.73 Å². The maximum Gasteiger partial charge on any atom is 0.100 e. The Hall–Kier alpha value is -1.68. The average Bonchev–Trinajstić information content (AvgIpc) is 2.93. The summed E-state index contributed by atoms with van der Waals surface area (Å²) in [5, 5.41) is 8.65. The van der Waals surface area contributed by atoms with E-state index < -0.39 is 0 Å². The highest BCUT2D eigenvalue weighted by atomic mass is 15.4. The summed E-state index contributed by atoms with van der Waals surface area (Å²) in [4.78, 5) is 0. The zero-order valence-corrected chi connectivity index (χ0v) is 12.0. The van der Waals surface area contributed by atoms with Crippen LogP contribution in [-0.2, 0) is 6.54 Å². The summed E-state index contributed by atoms with van der Waals surface area (Å²) in [6.45, 7) is 2.57. The van der Waals surface area contributed by atoms with Crippen LogP contribution in [0.3, 0.4) is 0 Å². The highest BCUT2D eigenvalue weighted by Crippen LogP contribution is 2.34. The number of benzene rings is 1. The van der Waals surface area contributed by atoms with E-state index in [2.05, 4.69) is 41.5 Å². The van der Waals surface area contributed by atoms with Crippen LogP contribution in [0.2, 0.25) is 0 Å². The lowest BCUT2D eigenvalue weighted by atomic mass is 9.86. The van der Waals surface area contributed by atoms with Crippen molar-refractivity contribution in [3.63, 3.8) is 0 Å². The summed E-state index contributed by atoms with van der Waals surface area (Å²) in [5.41, 5.74) is 10.4. The third-order valence-corrected chi connectivity index (χ3v) is 4.24. The number of hydrogen-bond donors (Lipinski definition) is 1. The molecule has 1 heterocycles. The Bertz CT molecular complexity index is 565. The van der Waals surface area contributed by atoms with Gasteiger partial charge in [-0.25, -0.2) is 4.68 Å². The molecule has 1 aromatic carbocycles. The van der Waals surface area contributed by atoms with Crippen LogP contribution in [0.4, 0.5) is 0 Å². The van der Waals surface area contributed by atoms with Crippen LogP contribution in [0.5, 0.6) is 0 Å². The van der Waals surface area contributed by atoms with Crippen molar-refractivity contribution in [1.82, 2.24) is 15.0 Å². The second-order valence-corrected chi connectivity index (χ2v) is 5.71. The normalized spacial score (nSPS) is 16.5. The molecular weight excluding hydrogens is 248 g/mol. The first kappa shape index (κ1) is 13.3. The fourth-order valence-corrected chi connectivity index (χ4v) is 3.13. The predicted octanol–water partition coefficient (Wildman–Crippen LogP) is 3.08. The second-order valence-electron chi connectivity index (χ2n) is 5.71. The van der Waals surface area contributed by atoms with Crippen LogP contribution < -0.4 is 5.73 Å². The van der Waals surface area contributed by atoms with E-state index in [0.717, 1.165) is 11.4 Å². The van der Waals surface area contributed by atoms with E-state index in [-0.39, 0.29) is 0 Å². The van der Waals surface area contributed by atoms with Crippen molar-refractivity contribution < 1.29 is 0 Å². The molecule has 0 amide bonds. The third-order valence-electron chi connectivity index (χ3n) is 4.24. The molecular formula is C16H22N4. The lowest BCUT2D eigenvalue weighted by Crippen LogP contribution is -2.14. The summed E-state index contributed by atoms with van der Waals surface area (Å²) in [6, 6.07) is 8.45. The van der Waals surface area contributed by atoms with Crippen LogP contribution in [0.1, 0.15) is 55.0 Å². The SMILES string of the molecule is Cc1ccc(-n2nnc(CN)c2C2CCCCC2)cc1. The van der Waals surface area contributed by atoms with Gasteiger partial charge in [-0.15, -0.1) is 5.10 Å². The lowest BCUT2D eigenvalue weighted by molar-refractivity contribution is 0.428. The Balaban J connectivity index is 2.02. The Morgan fingerprint density at radius 2 is 1.85 bits per heavy atom. The van der Waals surface area contributed by atoms with E-state index in [0.29, 0.717) is 12.5 Å². The molecule has 106 valence electrons. The van der Waals surface area contributed by atoms with Gasteiger partial charge in [0.25, 0.3) is 0 Å². The summed E-state index contributed by atoms with van der Waals surface area (Å²) in [7, 11) is 0. The fourth-order valence-electron chi connectivity index (χ4n) is 3.13. The van der Waals surface area contributed by atoms with Crippen LogP contribution >= 0.6 is 0 Å². The molecule has 2 N–H and O–H groups in total. The maximum absolute atomic E-state index is 5.86. The van der Waals surface area contributed by atoms with Crippen LogP contribution in [0.15, 0.2) is 24.3 Å². The Morgan fingerprint density at radius 3 is 2.50 bits per heavy atom. The smallest absolute Gasteiger partial charge is 0.100 e. The van der Waals surface area contributed by atoms with E-state index in [4.69, 9.17) is 5.73 Å². The van der Waals surface area contributed by atoms with E-state index in [1.165, 1.54) is 43.4 Å². The summed E-state index contributed by atoms with van der Waals surface area (Å²) >= 11 is 0. The van der Waals surface area contributed by atoms with E-state index >= 15 is 0 Å². The molecule has 2 aromatic rings.